The fraction of sp³-hybridized carbons (Fsp3) is 0.412. The first kappa shape index (κ1) is 14.5. The smallest absolute Gasteiger partial charge is 0.165 e. The van der Waals surface area contributed by atoms with E-state index in [1.165, 1.54) is 0 Å². The Morgan fingerprint density at radius 3 is 2.62 bits per heavy atom. The number of fused-ring (bicyclic) bond motifs is 1. The molecule has 0 unspecified atom stereocenters. The third-order valence-electron chi connectivity index (χ3n) is 4.10. The van der Waals surface area contributed by atoms with Crippen LogP contribution >= 0.6 is 15.9 Å². The molecule has 4 heteroatoms. The van der Waals surface area contributed by atoms with Crippen molar-refractivity contribution >= 4 is 21.7 Å². The highest BCUT2D eigenvalue weighted by Crippen LogP contribution is 2.37. The lowest BCUT2D eigenvalue weighted by molar-refractivity contribution is 0.0911. The van der Waals surface area contributed by atoms with Gasteiger partial charge in [-0.3, -0.25) is 4.79 Å². The number of aryl methyl sites for hydroxylation is 2. The van der Waals surface area contributed by atoms with Crippen LogP contribution in [-0.2, 0) is 6.42 Å². The Labute approximate surface area is 133 Å². The summed E-state index contributed by atoms with van der Waals surface area (Å²) in [6.07, 6.45) is 3.33. The number of hydrogen-bond donors (Lipinski definition) is 0. The van der Waals surface area contributed by atoms with Gasteiger partial charge >= 0.3 is 0 Å². The molecule has 0 bridgehead atoms. The van der Waals surface area contributed by atoms with Crippen LogP contribution in [0, 0.1) is 19.3 Å². The van der Waals surface area contributed by atoms with E-state index in [4.69, 9.17) is 0 Å². The van der Waals surface area contributed by atoms with E-state index in [0.717, 1.165) is 39.2 Å². The second-order valence-corrected chi connectivity index (χ2v) is 7.63. The molecule has 0 amide bonds. The van der Waals surface area contributed by atoms with Gasteiger partial charge in [-0.15, -0.1) is 0 Å². The van der Waals surface area contributed by atoms with Gasteiger partial charge in [0.1, 0.15) is 5.82 Å². The summed E-state index contributed by atoms with van der Waals surface area (Å²) in [6, 6.07) is 4.07. The number of halogens is 1. The van der Waals surface area contributed by atoms with Gasteiger partial charge in [0, 0.05) is 34.0 Å². The predicted molar refractivity (Wildman–Crippen MR) is 87.2 cm³/mol. The summed E-state index contributed by atoms with van der Waals surface area (Å²) in [5, 5.41) is 0. The summed E-state index contributed by atoms with van der Waals surface area (Å²) in [4.78, 5) is 17.0. The van der Waals surface area contributed by atoms with Gasteiger partial charge in [0.15, 0.2) is 5.78 Å². The van der Waals surface area contributed by atoms with Crippen molar-refractivity contribution in [2.45, 2.75) is 40.5 Å². The minimum atomic E-state index is 0.00982. The molecular weight excluding hydrogens is 328 g/mol. The van der Waals surface area contributed by atoms with E-state index < -0.39 is 0 Å². The third-order valence-corrected chi connectivity index (χ3v) is 4.54. The maximum absolute atomic E-state index is 12.4. The first-order valence-electron chi connectivity index (χ1n) is 7.15. The van der Waals surface area contributed by atoms with Crippen molar-refractivity contribution in [2.75, 3.05) is 0 Å². The summed E-state index contributed by atoms with van der Waals surface area (Å²) < 4.78 is 3.12. The van der Waals surface area contributed by atoms with Gasteiger partial charge < -0.3 is 4.57 Å². The standard InChI is InChI=1S/C17H19BrN2O/c1-10-5-12(18)9-19-16(10)20-11(2)6-13-14(20)7-17(3,4)8-15(13)21/h5-6,9H,7-8H2,1-4H3. The van der Waals surface area contributed by atoms with Crippen LogP contribution < -0.4 is 0 Å². The fourth-order valence-corrected chi connectivity index (χ4v) is 3.66. The highest BCUT2D eigenvalue weighted by molar-refractivity contribution is 9.10. The van der Waals surface area contributed by atoms with Crippen LogP contribution in [0.1, 0.15) is 47.6 Å². The van der Waals surface area contributed by atoms with Gasteiger partial charge in [-0.1, -0.05) is 13.8 Å². The largest absolute Gasteiger partial charge is 0.302 e. The Morgan fingerprint density at radius 2 is 1.95 bits per heavy atom. The highest BCUT2D eigenvalue weighted by Gasteiger charge is 2.34. The summed E-state index contributed by atoms with van der Waals surface area (Å²) in [7, 11) is 0. The zero-order valence-electron chi connectivity index (χ0n) is 12.8. The Balaban J connectivity index is 2.23. The number of aromatic nitrogens is 2. The van der Waals surface area contributed by atoms with E-state index in [2.05, 4.69) is 52.3 Å². The van der Waals surface area contributed by atoms with Gasteiger partial charge in [0.05, 0.1) is 0 Å². The zero-order chi connectivity index (χ0) is 15.4. The molecule has 0 saturated heterocycles. The Morgan fingerprint density at radius 1 is 1.24 bits per heavy atom. The van der Waals surface area contributed by atoms with E-state index in [1.54, 1.807) is 0 Å². The normalized spacial score (nSPS) is 16.9. The molecule has 110 valence electrons. The van der Waals surface area contributed by atoms with Crippen molar-refractivity contribution in [1.82, 2.24) is 9.55 Å². The van der Waals surface area contributed by atoms with Crippen LogP contribution in [0.5, 0.6) is 0 Å². The highest BCUT2D eigenvalue weighted by atomic mass is 79.9. The lowest BCUT2D eigenvalue weighted by Gasteiger charge is -2.29. The molecule has 0 fully saturated rings. The molecule has 0 spiro atoms. The Hall–Kier alpha value is -1.42. The Bertz CT molecular complexity index is 743. The number of nitrogens with zero attached hydrogens (tertiary/aromatic N) is 2. The van der Waals surface area contributed by atoms with Crippen LogP contribution in [-0.4, -0.2) is 15.3 Å². The number of rotatable bonds is 1. The number of carbonyl (C=O) groups excluding carboxylic acids is 1. The van der Waals surface area contributed by atoms with Crippen molar-refractivity contribution in [2.24, 2.45) is 5.41 Å². The molecule has 0 aliphatic heterocycles. The van der Waals surface area contributed by atoms with E-state index in [9.17, 15) is 4.79 Å². The lowest BCUT2D eigenvalue weighted by atomic mass is 9.76. The van der Waals surface area contributed by atoms with Crippen LogP contribution in [0.3, 0.4) is 0 Å². The first-order valence-corrected chi connectivity index (χ1v) is 7.95. The minimum absolute atomic E-state index is 0.00982. The van der Waals surface area contributed by atoms with E-state index in [0.29, 0.717) is 6.42 Å². The number of ketones is 1. The summed E-state index contributed by atoms with van der Waals surface area (Å²) >= 11 is 3.45. The average molecular weight is 347 g/mol. The molecule has 21 heavy (non-hydrogen) atoms. The second kappa shape index (κ2) is 4.80. The molecule has 2 aromatic heterocycles. The summed E-state index contributed by atoms with van der Waals surface area (Å²) in [5.74, 6) is 1.17. The van der Waals surface area contributed by atoms with E-state index in [-0.39, 0.29) is 11.2 Å². The van der Waals surface area contributed by atoms with Gasteiger partial charge in [-0.05, 0) is 59.3 Å². The molecule has 0 radical (unpaired) electrons. The van der Waals surface area contributed by atoms with Crippen molar-refractivity contribution < 1.29 is 4.79 Å². The number of carbonyl (C=O) groups is 1. The van der Waals surface area contributed by atoms with Crippen LogP contribution in [0.4, 0.5) is 0 Å². The molecule has 0 aromatic carbocycles. The van der Waals surface area contributed by atoms with Gasteiger partial charge in [-0.25, -0.2) is 4.98 Å². The van der Waals surface area contributed by atoms with Crippen molar-refractivity contribution in [3.8, 4) is 5.82 Å². The topological polar surface area (TPSA) is 34.9 Å². The lowest BCUT2D eigenvalue weighted by Crippen LogP contribution is -2.28. The molecule has 1 aliphatic carbocycles. The van der Waals surface area contributed by atoms with Crippen LogP contribution in [0.25, 0.3) is 5.82 Å². The maximum atomic E-state index is 12.4. The molecule has 0 saturated carbocycles. The first-order chi connectivity index (χ1) is 9.78. The molecule has 0 atom stereocenters. The number of pyridine rings is 1. The third kappa shape index (κ3) is 2.46. The quantitative estimate of drug-likeness (QED) is 0.766. The van der Waals surface area contributed by atoms with Gasteiger partial charge in [0.25, 0.3) is 0 Å². The molecule has 2 aromatic rings. The zero-order valence-corrected chi connectivity index (χ0v) is 14.4. The second-order valence-electron chi connectivity index (χ2n) is 6.72. The van der Waals surface area contributed by atoms with Crippen LogP contribution in [0.15, 0.2) is 22.8 Å². The fourth-order valence-electron chi connectivity index (χ4n) is 3.21. The minimum Gasteiger partial charge on any atom is -0.302 e. The molecule has 2 heterocycles. The molecule has 3 rings (SSSR count). The summed E-state index contributed by atoms with van der Waals surface area (Å²) in [5.41, 5.74) is 4.16. The maximum Gasteiger partial charge on any atom is 0.165 e. The Kier molecular flexibility index (Phi) is 3.32. The predicted octanol–water partition coefficient (Wildman–Crippen LogP) is 4.41. The molecule has 0 N–H and O–H groups in total. The molecule has 1 aliphatic rings. The molecular formula is C17H19BrN2O. The van der Waals surface area contributed by atoms with E-state index in [1.807, 2.05) is 19.2 Å². The number of Topliss-reactive ketones (excluding diaryl/α,β-unsaturated/α-hetero) is 1. The van der Waals surface area contributed by atoms with Crippen molar-refractivity contribution in [1.29, 1.82) is 0 Å². The number of hydrogen-bond acceptors (Lipinski definition) is 2. The SMILES string of the molecule is Cc1cc(Br)cnc1-n1c(C)cc2c1CC(C)(C)CC2=O. The average Bonchev–Trinajstić information content (AvgIpc) is 2.65. The summed E-state index contributed by atoms with van der Waals surface area (Å²) in [6.45, 7) is 8.40. The monoisotopic (exact) mass is 346 g/mol. The van der Waals surface area contributed by atoms with Gasteiger partial charge in [-0.2, -0.15) is 0 Å². The molecule has 3 nitrogen and oxygen atoms in total. The van der Waals surface area contributed by atoms with E-state index >= 15 is 0 Å². The van der Waals surface area contributed by atoms with Crippen molar-refractivity contribution in [3.63, 3.8) is 0 Å². The van der Waals surface area contributed by atoms with Crippen molar-refractivity contribution in [3.05, 3.63) is 45.3 Å². The van der Waals surface area contributed by atoms with Crippen LogP contribution in [0.2, 0.25) is 0 Å². The van der Waals surface area contributed by atoms with Gasteiger partial charge in [0.2, 0.25) is 0 Å².